The Morgan fingerprint density at radius 2 is 1.11 bits per heavy atom. The number of quaternary nitrogens is 1. The first-order chi connectivity index (χ1) is 13.2. The SMILES string of the molecule is O=C1OCCC1Oc1ccc([NH2+]c2ccc(OC3CCOC3=O)cc2)cc1. The summed E-state index contributed by atoms with van der Waals surface area (Å²) in [5, 5.41) is 2.02. The molecule has 2 heterocycles. The molecule has 0 bridgehead atoms. The van der Waals surface area contributed by atoms with E-state index < -0.39 is 12.2 Å². The van der Waals surface area contributed by atoms with Gasteiger partial charge in [-0.15, -0.1) is 0 Å². The smallest absolute Gasteiger partial charge is 0.347 e. The molecule has 7 nitrogen and oxygen atoms in total. The number of nitrogens with two attached hydrogens (primary N) is 1. The maximum absolute atomic E-state index is 11.5. The minimum Gasteiger partial charge on any atom is -0.479 e. The number of hydrogen-bond donors (Lipinski definition) is 1. The van der Waals surface area contributed by atoms with E-state index in [1.807, 2.05) is 53.8 Å². The Morgan fingerprint density at radius 1 is 0.704 bits per heavy atom. The summed E-state index contributed by atoms with van der Waals surface area (Å²) in [4.78, 5) is 22.9. The van der Waals surface area contributed by atoms with Gasteiger partial charge in [-0.1, -0.05) is 0 Å². The summed E-state index contributed by atoms with van der Waals surface area (Å²) in [5.74, 6) is 0.670. The van der Waals surface area contributed by atoms with Crippen LogP contribution < -0.4 is 14.8 Å². The molecule has 2 aromatic rings. The highest BCUT2D eigenvalue weighted by Gasteiger charge is 2.29. The fourth-order valence-corrected chi connectivity index (χ4v) is 2.98. The van der Waals surface area contributed by atoms with Crippen LogP contribution in [0.15, 0.2) is 48.5 Å². The number of hydrogen-bond acceptors (Lipinski definition) is 6. The van der Waals surface area contributed by atoms with Crippen molar-refractivity contribution in [2.24, 2.45) is 0 Å². The van der Waals surface area contributed by atoms with Crippen LogP contribution in [0.4, 0.5) is 11.4 Å². The normalized spacial score (nSPS) is 21.6. The first-order valence-corrected chi connectivity index (χ1v) is 8.89. The molecule has 4 rings (SSSR count). The van der Waals surface area contributed by atoms with Crippen molar-refractivity contribution in [2.75, 3.05) is 13.2 Å². The molecule has 27 heavy (non-hydrogen) atoms. The van der Waals surface area contributed by atoms with Crippen LogP contribution >= 0.6 is 0 Å². The van der Waals surface area contributed by atoms with Gasteiger partial charge in [0.05, 0.1) is 13.2 Å². The molecule has 2 aromatic carbocycles. The van der Waals surface area contributed by atoms with Gasteiger partial charge in [0, 0.05) is 37.1 Å². The molecule has 2 unspecified atom stereocenters. The number of carbonyl (C=O) groups is 2. The third kappa shape index (κ3) is 4.20. The van der Waals surface area contributed by atoms with Crippen LogP contribution in [0.1, 0.15) is 12.8 Å². The summed E-state index contributed by atoms with van der Waals surface area (Å²) in [6.07, 6.45) is 0.147. The lowest BCUT2D eigenvalue weighted by Crippen LogP contribution is -2.70. The Bertz CT molecular complexity index is 748. The zero-order chi connectivity index (χ0) is 18.6. The Labute approximate surface area is 156 Å². The quantitative estimate of drug-likeness (QED) is 0.614. The zero-order valence-electron chi connectivity index (χ0n) is 14.6. The number of benzene rings is 2. The highest BCUT2D eigenvalue weighted by molar-refractivity contribution is 5.77. The number of carbonyl (C=O) groups excluding carboxylic acids is 2. The number of ether oxygens (including phenoxy) is 4. The lowest BCUT2D eigenvalue weighted by atomic mass is 10.2. The Hall–Kier alpha value is -3.06. The van der Waals surface area contributed by atoms with Crippen molar-refractivity contribution in [3.8, 4) is 11.5 Å². The summed E-state index contributed by atoms with van der Waals surface area (Å²) >= 11 is 0. The topological polar surface area (TPSA) is 87.7 Å². The molecule has 0 spiro atoms. The second-order valence-electron chi connectivity index (χ2n) is 6.41. The average molecular weight is 370 g/mol. The summed E-state index contributed by atoms with van der Waals surface area (Å²) in [6.45, 7) is 0.827. The van der Waals surface area contributed by atoms with Gasteiger partial charge in [0.15, 0.2) is 12.2 Å². The van der Waals surface area contributed by atoms with Crippen LogP contribution in [0.5, 0.6) is 11.5 Å². The van der Waals surface area contributed by atoms with Gasteiger partial charge in [0.1, 0.15) is 22.9 Å². The molecule has 2 fully saturated rings. The van der Waals surface area contributed by atoms with Gasteiger partial charge >= 0.3 is 11.9 Å². The first-order valence-electron chi connectivity index (χ1n) is 8.89. The van der Waals surface area contributed by atoms with Crippen LogP contribution in [0.25, 0.3) is 0 Å². The van der Waals surface area contributed by atoms with Crippen molar-refractivity contribution in [3.63, 3.8) is 0 Å². The van der Waals surface area contributed by atoms with E-state index in [-0.39, 0.29) is 11.9 Å². The predicted octanol–water partition coefficient (Wildman–Crippen LogP) is 1.60. The molecule has 2 N–H and O–H groups in total. The largest absolute Gasteiger partial charge is 0.479 e. The Kier molecular flexibility index (Phi) is 4.93. The van der Waals surface area contributed by atoms with Gasteiger partial charge in [-0.3, -0.25) is 5.32 Å². The minimum absolute atomic E-state index is 0.307. The fourth-order valence-electron chi connectivity index (χ4n) is 2.98. The zero-order valence-corrected chi connectivity index (χ0v) is 14.6. The third-order valence-corrected chi connectivity index (χ3v) is 4.42. The molecular formula is C20H20NO6+. The van der Waals surface area contributed by atoms with Crippen molar-refractivity contribution in [3.05, 3.63) is 48.5 Å². The van der Waals surface area contributed by atoms with E-state index in [1.54, 1.807) is 0 Å². The van der Waals surface area contributed by atoms with Gasteiger partial charge < -0.3 is 18.9 Å². The van der Waals surface area contributed by atoms with E-state index in [4.69, 9.17) is 18.9 Å². The van der Waals surface area contributed by atoms with E-state index in [0.717, 1.165) is 11.4 Å². The second kappa shape index (κ2) is 7.67. The molecule has 0 radical (unpaired) electrons. The minimum atomic E-state index is -0.510. The van der Waals surface area contributed by atoms with Crippen LogP contribution in [0.2, 0.25) is 0 Å². The highest BCUT2D eigenvalue weighted by Crippen LogP contribution is 2.21. The van der Waals surface area contributed by atoms with E-state index in [9.17, 15) is 9.59 Å². The maximum Gasteiger partial charge on any atom is 0.347 e. The second-order valence-corrected chi connectivity index (χ2v) is 6.41. The molecule has 0 saturated carbocycles. The molecule has 140 valence electrons. The van der Waals surface area contributed by atoms with Crippen molar-refractivity contribution in [1.29, 1.82) is 0 Å². The van der Waals surface area contributed by atoms with Crippen molar-refractivity contribution < 1.29 is 33.9 Å². The first kappa shape index (κ1) is 17.4. The summed E-state index contributed by atoms with van der Waals surface area (Å²) in [6, 6.07) is 15.0. The van der Waals surface area contributed by atoms with Crippen LogP contribution in [0, 0.1) is 0 Å². The number of rotatable bonds is 6. The molecule has 7 heteroatoms. The highest BCUT2D eigenvalue weighted by atomic mass is 16.6. The van der Waals surface area contributed by atoms with Crippen LogP contribution in [-0.2, 0) is 19.1 Å². The fraction of sp³-hybridized carbons (Fsp3) is 0.300. The van der Waals surface area contributed by atoms with Gasteiger partial charge in [0.2, 0.25) is 0 Å². The van der Waals surface area contributed by atoms with Crippen molar-refractivity contribution in [1.82, 2.24) is 0 Å². The Morgan fingerprint density at radius 3 is 1.44 bits per heavy atom. The monoisotopic (exact) mass is 370 g/mol. The lowest BCUT2D eigenvalue weighted by Gasteiger charge is -2.11. The van der Waals surface area contributed by atoms with Gasteiger partial charge in [-0.25, -0.2) is 9.59 Å². The average Bonchev–Trinajstić information content (AvgIpc) is 3.27. The van der Waals surface area contributed by atoms with Crippen LogP contribution in [0.3, 0.4) is 0 Å². The Balaban J connectivity index is 1.33. The van der Waals surface area contributed by atoms with E-state index in [2.05, 4.69) is 0 Å². The summed E-state index contributed by atoms with van der Waals surface area (Å²) in [7, 11) is 0. The number of esters is 2. The number of cyclic esters (lactones) is 2. The van der Waals surface area contributed by atoms with E-state index >= 15 is 0 Å². The van der Waals surface area contributed by atoms with Crippen molar-refractivity contribution >= 4 is 23.3 Å². The van der Waals surface area contributed by atoms with Crippen LogP contribution in [-0.4, -0.2) is 37.4 Å². The molecule has 0 amide bonds. The van der Waals surface area contributed by atoms with Gasteiger partial charge in [-0.2, -0.15) is 0 Å². The van der Waals surface area contributed by atoms with E-state index in [0.29, 0.717) is 37.6 Å². The predicted molar refractivity (Wildman–Crippen MR) is 94.1 cm³/mol. The van der Waals surface area contributed by atoms with Gasteiger partial charge in [0.25, 0.3) is 0 Å². The molecule has 2 saturated heterocycles. The standard InChI is InChI=1S/C20H19NO6/c22-19-17(9-11-24-19)26-15-5-1-13(2-6-15)21-14-3-7-16(8-4-14)27-18-10-12-25-20(18)23/h1-8,17-18,21H,9-12H2/p+1. The molecule has 0 aromatic heterocycles. The molecule has 2 aliphatic heterocycles. The van der Waals surface area contributed by atoms with Crippen molar-refractivity contribution in [2.45, 2.75) is 25.0 Å². The summed E-state index contributed by atoms with van der Waals surface area (Å²) < 4.78 is 21.1. The third-order valence-electron chi connectivity index (χ3n) is 4.42. The molecular weight excluding hydrogens is 350 g/mol. The summed E-state index contributed by atoms with van der Waals surface area (Å²) in [5.41, 5.74) is 2.01. The molecule has 2 aliphatic rings. The molecule has 0 aliphatic carbocycles. The maximum atomic E-state index is 11.5. The van der Waals surface area contributed by atoms with Gasteiger partial charge in [-0.05, 0) is 24.3 Å². The van der Waals surface area contributed by atoms with E-state index in [1.165, 1.54) is 0 Å². The molecule has 2 atom stereocenters. The lowest BCUT2D eigenvalue weighted by molar-refractivity contribution is -0.478.